The van der Waals surface area contributed by atoms with E-state index >= 15 is 0 Å². The smallest absolute Gasteiger partial charge is 0.147 e. The van der Waals surface area contributed by atoms with Gasteiger partial charge in [-0.05, 0) is 42.9 Å². The molecule has 0 unspecified atom stereocenters. The number of nitrogens with zero attached hydrogens (tertiary/aromatic N) is 3. The van der Waals surface area contributed by atoms with E-state index in [0.29, 0.717) is 11.1 Å². The van der Waals surface area contributed by atoms with E-state index < -0.39 is 0 Å². The summed E-state index contributed by atoms with van der Waals surface area (Å²) in [6.45, 7) is 0.729. The van der Waals surface area contributed by atoms with Crippen LogP contribution in [0.1, 0.15) is 43.1 Å². The second kappa shape index (κ2) is 5.63. The van der Waals surface area contributed by atoms with E-state index in [1.165, 1.54) is 25.7 Å². The van der Waals surface area contributed by atoms with Crippen molar-refractivity contribution in [1.29, 1.82) is 0 Å². The van der Waals surface area contributed by atoms with Gasteiger partial charge in [0.1, 0.15) is 11.0 Å². The van der Waals surface area contributed by atoms with Gasteiger partial charge in [0.2, 0.25) is 0 Å². The Labute approximate surface area is 116 Å². The molecule has 3 nitrogen and oxygen atoms in total. The summed E-state index contributed by atoms with van der Waals surface area (Å²) in [7, 11) is 4.02. The van der Waals surface area contributed by atoms with Crippen LogP contribution >= 0.6 is 27.5 Å². The van der Waals surface area contributed by atoms with E-state index in [4.69, 9.17) is 11.6 Å². The van der Waals surface area contributed by atoms with Crippen LogP contribution < -0.4 is 0 Å². The summed E-state index contributed by atoms with van der Waals surface area (Å²) < 4.78 is 0.883. The van der Waals surface area contributed by atoms with Crippen molar-refractivity contribution in [1.82, 2.24) is 14.9 Å². The van der Waals surface area contributed by atoms with Crippen molar-refractivity contribution < 1.29 is 0 Å². The molecule has 0 bridgehead atoms. The summed E-state index contributed by atoms with van der Waals surface area (Å²) in [6.07, 6.45) is 5.02. The van der Waals surface area contributed by atoms with Crippen LogP contribution in [0.2, 0.25) is 5.15 Å². The summed E-state index contributed by atoms with van der Waals surface area (Å²) in [6, 6.07) is 0. The summed E-state index contributed by atoms with van der Waals surface area (Å²) in [5.41, 5.74) is 1.10. The lowest BCUT2D eigenvalue weighted by Gasteiger charge is -2.15. The van der Waals surface area contributed by atoms with Crippen molar-refractivity contribution >= 4 is 27.5 Å². The SMILES string of the molecule is CN(C)Cc1nc(Cl)c(Br)c(C2CCCC2)n1. The van der Waals surface area contributed by atoms with Gasteiger partial charge in [-0.3, -0.25) is 0 Å². The van der Waals surface area contributed by atoms with Gasteiger partial charge in [0.25, 0.3) is 0 Å². The molecule has 0 atom stereocenters. The van der Waals surface area contributed by atoms with E-state index in [0.717, 1.165) is 22.5 Å². The minimum absolute atomic E-state index is 0.541. The van der Waals surface area contributed by atoms with Crippen LogP contribution in [-0.2, 0) is 6.54 Å². The first-order valence-corrected chi connectivity index (χ1v) is 7.11. The minimum Gasteiger partial charge on any atom is -0.302 e. The van der Waals surface area contributed by atoms with Gasteiger partial charge in [-0.2, -0.15) is 0 Å². The lowest BCUT2D eigenvalue weighted by atomic mass is 10.0. The number of hydrogen-bond donors (Lipinski definition) is 0. The predicted octanol–water partition coefficient (Wildman–Crippen LogP) is 3.61. The Morgan fingerprint density at radius 2 is 1.94 bits per heavy atom. The molecular weight excluding hydrogens is 302 g/mol. The third-order valence-electron chi connectivity index (χ3n) is 3.08. The summed E-state index contributed by atoms with van der Waals surface area (Å²) in [4.78, 5) is 11.0. The fourth-order valence-corrected chi connectivity index (χ4v) is 3.00. The fourth-order valence-electron chi connectivity index (χ4n) is 2.30. The van der Waals surface area contributed by atoms with Gasteiger partial charge >= 0.3 is 0 Å². The van der Waals surface area contributed by atoms with E-state index in [-0.39, 0.29) is 0 Å². The molecule has 0 amide bonds. The largest absolute Gasteiger partial charge is 0.302 e. The van der Waals surface area contributed by atoms with E-state index in [1.54, 1.807) is 0 Å². The second-order valence-electron chi connectivity index (χ2n) is 4.85. The Hall–Kier alpha value is -0.190. The number of rotatable bonds is 3. The highest BCUT2D eigenvalue weighted by molar-refractivity contribution is 9.10. The monoisotopic (exact) mass is 317 g/mol. The van der Waals surface area contributed by atoms with Crippen LogP contribution in [-0.4, -0.2) is 29.0 Å². The molecule has 0 radical (unpaired) electrons. The quantitative estimate of drug-likeness (QED) is 0.797. The first kappa shape index (κ1) is 13.2. The van der Waals surface area contributed by atoms with Crippen LogP contribution in [0.25, 0.3) is 0 Å². The van der Waals surface area contributed by atoms with Gasteiger partial charge < -0.3 is 4.90 Å². The van der Waals surface area contributed by atoms with Crippen molar-refractivity contribution in [2.24, 2.45) is 0 Å². The summed E-state index contributed by atoms with van der Waals surface area (Å²) >= 11 is 9.68. The van der Waals surface area contributed by atoms with Gasteiger partial charge in [-0.1, -0.05) is 24.4 Å². The molecule has 1 saturated carbocycles. The van der Waals surface area contributed by atoms with E-state index in [2.05, 4.69) is 30.8 Å². The average Bonchev–Trinajstić information content (AvgIpc) is 2.75. The van der Waals surface area contributed by atoms with Crippen molar-refractivity contribution in [2.75, 3.05) is 14.1 Å². The Morgan fingerprint density at radius 1 is 1.29 bits per heavy atom. The van der Waals surface area contributed by atoms with Gasteiger partial charge in [0.15, 0.2) is 0 Å². The highest BCUT2D eigenvalue weighted by Gasteiger charge is 2.23. The highest BCUT2D eigenvalue weighted by Crippen LogP contribution is 2.38. The first-order valence-electron chi connectivity index (χ1n) is 5.94. The standard InChI is InChI=1S/C12H17BrClN3/c1-17(2)7-9-15-11(8-5-3-4-6-8)10(13)12(14)16-9/h8H,3-7H2,1-2H3. The molecule has 1 heterocycles. The minimum atomic E-state index is 0.541. The Balaban J connectivity index is 2.32. The van der Waals surface area contributed by atoms with Crippen molar-refractivity contribution in [3.8, 4) is 0 Å². The number of aromatic nitrogens is 2. The molecule has 1 aromatic heterocycles. The molecule has 5 heteroatoms. The Kier molecular flexibility index (Phi) is 4.39. The van der Waals surface area contributed by atoms with Gasteiger partial charge in [0, 0.05) is 5.92 Å². The zero-order valence-electron chi connectivity index (χ0n) is 10.2. The third kappa shape index (κ3) is 3.18. The van der Waals surface area contributed by atoms with E-state index in [1.807, 2.05) is 14.1 Å². The van der Waals surface area contributed by atoms with Crippen LogP contribution in [0.5, 0.6) is 0 Å². The molecule has 0 saturated heterocycles. The van der Waals surface area contributed by atoms with Crippen molar-refractivity contribution in [3.63, 3.8) is 0 Å². The van der Waals surface area contributed by atoms with Crippen LogP contribution in [0, 0.1) is 0 Å². The molecule has 1 aliphatic rings. The summed E-state index contributed by atoms with van der Waals surface area (Å²) in [5, 5.41) is 0.541. The number of hydrogen-bond acceptors (Lipinski definition) is 3. The van der Waals surface area contributed by atoms with Crippen molar-refractivity contribution in [2.45, 2.75) is 38.1 Å². The Morgan fingerprint density at radius 3 is 2.53 bits per heavy atom. The van der Waals surface area contributed by atoms with Gasteiger partial charge in [0.05, 0.1) is 16.7 Å². The predicted molar refractivity (Wildman–Crippen MR) is 73.3 cm³/mol. The zero-order valence-corrected chi connectivity index (χ0v) is 12.6. The zero-order chi connectivity index (χ0) is 12.4. The average molecular weight is 319 g/mol. The molecule has 94 valence electrons. The molecular formula is C12H17BrClN3. The fraction of sp³-hybridized carbons (Fsp3) is 0.667. The maximum Gasteiger partial charge on any atom is 0.147 e. The first-order chi connectivity index (χ1) is 8.08. The topological polar surface area (TPSA) is 29.0 Å². The van der Waals surface area contributed by atoms with Crippen LogP contribution in [0.15, 0.2) is 4.47 Å². The maximum absolute atomic E-state index is 6.16. The molecule has 0 spiro atoms. The van der Waals surface area contributed by atoms with E-state index in [9.17, 15) is 0 Å². The lowest BCUT2D eigenvalue weighted by molar-refractivity contribution is 0.389. The third-order valence-corrected chi connectivity index (χ3v) is 4.37. The molecule has 1 aliphatic carbocycles. The van der Waals surface area contributed by atoms with Crippen LogP contribution in [0.3, 0.4) is 0 Å². The second-order valence-corrected chi connectivity index (χ2v) is 6.00. The molecule has 0 aliphatic heterocycles. The normalized spacial score (nSPS) is 17.0. The molecule has 1 aromatic rings. The molecule has 1 fully saturated rings. The lowest BCUT2D eigenvalue weighted by Crippen LogP contribution is -2.15. The van der Waals surface area contributed by atoms with Crippen LogP contribution in [0.4, 0.5) is 0 Å². The number of halogens is 2. The van der Waals surface area contributed by atoms with Gasteiger partial charge in [-0.15, -0.1) is 0 Å². The van der Waals surface area contributed by atoms with Gasteiger partial charge in [-0.25, -0.2) is 9.97 Å². The Bertz CT molecular complexity index is 403. The molecule has 0 N–H and O–H groups in total. The maximum atomic E-state index is 6.16. The highest BCUT2D eigenvalue weighted by atomic mass is 79.9. The van der Waals surface area contributed by atoms with Crippen molar-refractivity contribution in [3.05, 3.63) is 21.1 Å². The molecule has 0 aromatic carbocycles. The summed E-state index contributed by atoms with van der Waals surface area (Å²) in [5.74, 6) is 1.36. The molecule has 2 rings (SSSR count). The molecule has 17 heavy (non-hydrogen) atoms.